The van der Waals surface area contributed by atoms with E-state index in [0.29, 0.717) is 12.3 Å². The third-order valence-electron chi connectivity index (χ3n) is 3.67. The number of nitrogens with zero attached hydrogens (tertiary/aromatic N) is 3. The van der Waals surface area contributed by atoms with Crippen LogP contribution in [0.15, 0.2) is 41.2 Å². The molecule has 1 rings (SSSR count). The fourth-order valence-corrected chi connectivity index (χ4v) is 2.27. The summed E-state index contributed by atoms with van der Waals surface area (Å²) in [7, 11) is 1.54. The van der Waals surface area contributed by atoms with Gasteiger partial charge in [0.05, 0.1) is 30.8 Å². The standard InChI is InChI=1S/C19H28N4O5/c1-6-22(18(24)28-19(2,3)4)13-17(21-12-15(11-20)23(25)26)14-8-7-9-16(10-14)27-5/h7-12,17H,6,13,20H2,1-5H3/b15-11+,21-12?. The second-order valence-electron chi connectivity index (χ2n) is 6.94. The van der Waals surface area contributed by atoms with Gasteiger partial charge in [-0.2, -0.15) is 0 Å². The summed E-state index contributed by atoms with van der Waals surface area (Å²) in [6, 6.07) is 6.57. The van der Waals surface area contributed by atoms with E-state index in [1.807, 2.05) is 13.0 Å². The number of likely N-dealkylation sites (N-methyl/N-ethyl adjacent to an activating group) is 1. The first-order valence-electron chi connectivity index (χ1n) is 8.82. The van der Waals surface area contributed by atoms with Crippen LogP contribution in [0.4, 0.5) is 4.79 Å². The van der Waals surface area contributed by atoms with Crippen molar-refractivity contribution in [2.24, 2.45) is 10.7 Å². The average Bonchev–Trinajstić information content (AvgIpc) is 2.62. The number of rotatable bonds is 8. The molecule has 9 nitrogen and oxygen atoms in total. The first kappa shape index (κ1) is 22.9. The predicted molar refractivity (Wildman–Crippen MR) is 107 cm³/mol. The van der Waals surface area contributed by atoms with Crippen LogP contribution in [0.25, 0.3) is 0 Å². The molecule has 1 unspecified atom stereocenters. The quantitative estimate of drug-likeness (QED) is 0.412. The lowest BCUT2D eigenvalue weighted by Gasteiger charge is -2.28. The molecule has 0 aliphatic carbocycles. The second-order valence-corrected chi connectivity index (χ2v) is 6.94. The summed E-state index contributed by atoms with van der Waals surface area (Å²) in [5.41, 5.74) is 5.05. The Balaban J connectivity index is 3.20. The molecule has 1 aromatic rings. The molecular formula is C19H28N4O5. The van der Waals surface area contributed by atoms with Gasteiger partial charge in [-0.3, -0.25) is 15.1 Å². The third kappa shape index (κ3) is 7.26. The van der Waals surface area contributed by atoms with Crippen molar-refractivity contribution >= 4 is 12.3 Å². The summed E-state index contributed by atoms with van der Waals surface area (Å²) in [4.78, 5) is 28.6. The number of amides is 1. The summed E-state index contributed by atoms with van der Waals surface area (Å²) in [5.74, 6) is 0.613. The van der Waals surface area contributed by atoms with Crippen LogP contribution in [0.2, 0.25) is 0 Å². The Morgan fingerprint density at radius 3 is 2.61 bits per heavy atom. The summed E-state index contributed by atoms with van der Waals surface area (Å²) in [5, 5.41) is 11.0. The van der Waals surface area contributed by atoms with E-state index in [-0.39, 0.29) is 12.2 Å². The molecule has 9 heteroatoms. The third-order valence-corrected chi connectivity index (χ3v) is 3.67. The number of allylic oxidation sites excluding steroid dienone is 1. The first-order chi connectivity index (χ1) is 13.1. The van der Waals surface area contributed by atoms with Gasteiger partial charge in [0.2, 0.25) is 0 Å². The lowest BCUT2D eigenvalue weighted by molar-refractivity contribution is -0.414. The number of hydrogen-bond donors (Lipinski definition) is 1. The molecule has 1 atom stereocenters. The van der Waals surface area contributed by atoms with Crippen molar-refractivity contribution in [2.45, 2.75) is 39.3 Å². The van der Waals surface area contributed by atoms with Gasteiger partial charge in [-0.15, -0.1) is 0 Å². The maximum Gasteiger partial charge on any atom is 0.410 e. The molecule has 1 aromatic carbocycles. The number of carbonyl (C=O) groups is 1. The van der Waals surface area contributed by atoms with Gasteiger partial charge in [0.1, 0.15) is 17.6 Å². The van der Waals surface area contributed by atoms with Gasteiger partial charge in [0.25, 0.3) is 0 Å². The lowest BCUT2D eigenvalue weighted by atomic mass is 10.1. The highest BCUT2D eigenvalue weighted by molar-refractivity contribution is 5.75. The molecule has 154 valence electrons. The molecular weight excluding hydrogens is 364 g/mol. The molecule has 0 bridgehead atoms. The van der Waals surface area contributed by atoms with Gasteiger partial charge >= 0.3 is 11.8 Å². The maximum atomic E-state index is 12.5. The number of aliphatic imine (C=N–C) groups is 1. The Morgan fingerprint density at radius 1 is 1.43 bits per heavy atom. The Kier molecular flexibility index (Phi) is 8.43. The summed E-state index contributed by atoms with van der Waals surface area (Å²) >= 11 is 0. The van der Waals surface area contributed by atoms with Crippen LogP contribution in [-0.2, 0) is 4.74 Å². The highest BCUT2D eigenvalue weighted by Crippen LogP contribution is 2.24. The molecule has 0 radical (unpaired) electrons. The van der Waals surface area contributed by atoms with Gasteiger partial charge in [-0.05, 0) is 45.4 Å². The van der Waals surface area contributed by atoms with Crippen molar-refractivity contribution < 1.29 is 19.2 Å². The largest absolute Gasteiger partial charge is 0.497 e. The topological polar surface area (TPSA) is 120 Å². The molecule has 2 N–H and O–H groups in total. The highest BCUT2D eigenvalue weighted by atomic mass is 16.6. The van der Waals surface area contributed by atoms with E-state index in [1.54, 1.807) is 46.1 Å². The lowest BCUT2D eigenvalue weighted by Crippen LogP contribution is -2.38. The molecule has 0 saturated heterocycles. The van der Waals surface area contributed by atoms with E-state index < -0.39 is 22.7 Å². The van der Waals surface area contributed by atoms with Crippen molar-refractivity contribution in [2.75, 3.05) is 20.2 Å². The second kappa shape index (κ2) is 10.3. The minimum Gasteiger partial charge on any atom is -0.497 e. The molecule has 28 heavy (non-hydrogen) atoms. The zero-order valence-corrected chi connectivity index (χ0v) is 16.9. The predicted octanol–water partition coefficient (Wildman–Crippen LogP) is 3.14. The van der Waals surface area contributed by atoms with Gasteiger partial charge < -0.3 is 20.1 Å². The number of methoxy groups -OCH3 is 1. The van der Waals surface area contributed by atoms with Crippen molar-refractivity contribution in [1.82, 2.24) is 4.90 Å². The molecule has 1 amide bonds. The Hall–Kier alpha value is -3.10. The smallest absolute Gasteiger partial charge is 0.410 e. The van der Waals surface area contributed by atoms with Gasteiger partial charge in [0, 0.05) is 6.54 Å². The van der Waals surface area contributed by atoms with Crippen LogP contribution >= 0.6 is 0 Å². The summed E-state index contributed by atoms with van der Waals surface area (Å²) < 4.78 is 10.7. The van der Waals surface area contributed by atoms with Crippen LogP contribution in [0, 0.1) is 10.1 Å². The van der Waals surface area contributed by atoms with Crippen LogP contribution in [0.5, 0.6) is 5.75 Å². The molecule has 0 fully saturated rings. The normalized spacial score (nSPS) is 13.2. The zero-order valence-electron chi connectivity index (χ0n) is 16.9. The minimum atomic E-state index is -0.639. The Labute approximate surface area is 165 Å². The van der Waals surface area contributed by atoms with Gasteiger partial charge in [-0.1, -0.05) is 12.1 Å². The molecule has 0 spiro atoms. The molecule has 0 heterocycles. The van der Waals surface area contributed by atoms with E-state index in [1.165, 1.54) is 4.90 Å². The summed E-state index contributed by atoms with van der Waals surface area (Å²) in [6.45, 7) is 7.73. The van der Waals surface area contributed by atoms with E-state index in [9.17, 15) is 14.9 Å². The average molecular weight is 392 g/mol. The molecule has 0 aliphatic heterocycles. The van der Waals surface area contributed by atoms with E-state index in [0.717, 1.165) is 18.0 Å². The number of nitro groups is 1. The summed E-state index contributed by atoms with van der Waals surface area (Å²) in [6.07, 6.45) is 1.48. The van der Waals surface area contributed by atoms with Crippen LogP contribution in [0.1, 0.15) is 39.3 Å². The zero-order chi connectivity index (χ0) is 21.3. The number of ether oxygens (including phenoxy) is 2. The van der Waals surface area contributed by atoms with Crippen molar-refractivity contribution in [1.29, 1.82) is 0 Å². The van der Waals surface area contributed by atoms with E-state index in [2.05, 4.69) is 4.99 Å². The van der Waals surface area contributed by atoms with Crippen molar-refractivity contribution in [3.63, 3.8) is 0 Å². The van der Waals surface area contributed by atoms with Crippen molar-refractivity contribution in [3.05, 3.63) is 51.8 Å². The molecule has 0 saturated carbocycles. The van der Waals surface area contributed by atoms with Crippen LogP contribution in [-0.4, -0.2) is 47.9 Å². The van der Waals surface area contributed by atoms with Gasteiger partial charge in [0.15, 0.2) is 0 Å². The van der Waals surface area contributed by atoms with Crippen molar-refractivity contribution in [3.8, 4) is 5.75 Å². The molecule has 0 aliphatic rings. The number of carbonyl (C=O) groups excluding carboxylic acids is 1. The van der Waals surface area contributed by atoms with E-state index in [4.69, 9.17) is 15.2 Å². The van der Waals surface area contributed by atoms with Crippen LogP contribution < -0.4 is 10.5 Å². The van der Waals surface area contributed by atoms with Gasteiger partial charge in [-0.25, -0.2) is 4.79 Å². The maximum absolute atomic E-state index is 12.5. The number of nitrogens with two attached hydrogens (primary N) is 1. The van der Waals surface area contributed by atoms with E-state index >= 15 is 0 Å². The SMILES string of the molecule is CCN(CC(N=C/C(=C\N)[N+](=O)[O-])c1cccc(OC)c1)C(=O)OC(C)(C)C. The molecule has 0 aromatic heterocycles. The Morgan fingerprint density at radius 2 is 2.11 bits per heavy atom. The monoisotopic (exact) mass is 392 g/mol. The Bertz CT molecular complexity index is 740. The fraction of sp³-hybridized carbons (Fsp3) is 0.474. The minimum absolute atomic E-state index is 0.171. The van der Waals surface area contributed by atoms with Crippen LogP contribution in [0.3, 0.4) is 0 Å². The fourth-order valence-electron chi connectivity index (χ4n) is 2.27. The highest BCUT2D eigenvalue weighted by Gasteiger charge is 2.24. The first-order valence-corrected chi connectivity index (χ1v) is 8.82. The number of hydrogen-bond acceptors (Lipinski definition) is 7. The number of benzene rings is 1.